The van der Waals surface area contributed by atoms with Crippen molar-refractivity contribution in [3.8, 4) is 0 Å². The Morgan fingerprint density at radius 1 is 1.53 bits per heavy atom. The van der Waals surface area contributed by atoms with Crippen LogP contribution in [0, 0.1) is 0 Å². The van der Waals surface area contributed by atoms with E-state index < -0.39 is 5.97 Å². The second kappa shape index (κ2) is 6.30. The first-order valence-electron chi connectivity index (χ1n) is 4.48. The Morgan fingerprint density at radius 3 is 2.87 bits per heavy atom. The van der Waals surface area contributed by atoms with E-state index in [2.05, 4.69) is 6.92 Å². The summed E-state index contributed by atoms with van der Waals surface area (Å²) in [5.74, 6) is 0.0479. The number of hydrogen-bond donors (Lipinski definition) is 1. The summed E-state index contributed by atoms with van der Waals surface area (Å²) in [6.45, 7) is 2.08. The lowest BCUT2D eigenvalue weighted by Gasteiger charge is -2.06. The van der Waals surface area contributed by atoms with Gasteiger partial charge in [-0.15, -0.1) is 0 Å². The Morgan fingerprint density at radius 2 is 2.27 bits per heavy atom. The first-order chi connectivity index (χ1) is 7.16. The van der Waals surface area contributed by atoms with Crippen LogP contribution in [0.1, 0.15) is 23.7 Å². The lowest BCUT2D eigenvalue weighted by Crippen LogP contribution is -1.98. The van der Waals surface area contributed by atoms with Crippen LogP contribution in [0.5, 0.6) is 0 Å². The van der Waals surface area contributed by atoms with Gasteiger partial charge in [-0.3, -0.25) is 0 Å². The van der Waals surface area contributed by atoms with Crippen molar-refractivity contribution in [3.05, 3.63) is 28.8 Å². The maximum Gasteiger partial charge on any atom is 0.336 e. The van der Waals surface area contributed by atoms with Gasteiger partial charge in [-0.1, -0.05) is 46.2 Å². The standard InChI is InChI=1S/C10H11ClO2S2/c1-2-6-14-15-9-7(10(12)13)4-3-5-8(9)11/h3-5H,2,6H2,1H3,(H,12,13). The molecule has 0 aliphatic heterocycles. The molecule has 0 aromatic heterocycles. The molecule has 2 nitrogen and oxygen atoms in total. The number of rotatable bonds is 5. The predicted molar refractivity (Wildman–Crippen MR) is 67.0 cm³/mol. The van der Waals surface area contributed by atoms with Gasteiger partial charge < -0.3 is 5.11 Å². The molecule has 1 aromatic carbocycles. The van der Waals surface area contributed by atoms with E-state index >= 15 is 0 Å². The van der Waals surface area contributed by atoms with E-state index in [1.165, 1.54) is 10.8 Å². The van der Waals surface area contributed by atoms with Crippen LogP contribution in [0.3, 0.4) is 0 Å². The fourth-order valence-electron chi connectivity index (χ4n) is 0.946. The van der Waals surface area contributed by atoms with E-state index in [4.69, 9.17) is 16.7 Å². The van der Waals surface area contributed by atoms with Crippen molar-refractivity contribution in [1.29, 1.82) is 0 Å². The molecule has 0 fully saturated rings. The zero-order valence-corrected chi connectivity index (χ0v) is 10.6. The highest BCUT2D eigenvalue weighted by Gasteiger charge is 2.13. The fraction of sp³-hybridized carbons (Fsp3) is 0.300. The van der Waals surface area contributed by atoms with Gasteiger partial charge in [-0.05, 0) is 18.6 Å². The summed E-state index contributed by atoms with van der Waals surface area (Å²) in [4.78, 5) is 11.6. The Balaban J connectivity index is 2.87. The molecule has 0 saturated heterocycles. The number of benzene rings is 1. The first kappa shape index (κ1) is 12.7. The molecular formula is C10H11ClO2S2. The van der Waals surface area contributed by atoms with Gasteiger partial charge in [-0.2, -0.15) is 0 Å². The van der Waals surface area contributed by atoms with Gasteiger partial charge >= 0.3 is 5.97 Å². The van der Waals surface area contributed by atoms with Crippen molar-refractivity contribution in [3.63, 3.8) is 0 Å². The molecule has 1 N–H and O–H groups in total. The minimum Gasteiger partial charge on any atom is -0.478 e. The second-order valence-corrected chi connectivity index (χ2v) is 5.66. The molecule has 0 aliphatic rings. The van der Waals surface area contributed by atoms with Crippen LogP contribution in [0.4, 0.5) is 0 Å². The van der Waals surface area contributed by atoms with Crippen LogP contribution in [0.2, 0.25) is 5.02 Å². The summed E-state index contributed by atoms with van der Waals surface area (Å²) < 4.78 is 0. The molecule has 0 aliphatic carbocycles. The predicted octanol–water partition coefficient (Wildman–Crippen LogP) is 4.19. The van der Waals surface area contributed by atoms with Gasteiger partial charge in [-0.25, -0.2) is 4.79 Å². The molecule has 1 rings (SSSR count). The molecule has 0 saturated carbocycles. The van der Waals surface area contributed by atoms with Crippen LogP contribution in [0.15, 0.2) is 23.1 Å². The lowest BCUT2D eigenvalue weighted by molar-refractivity contribution is 0.0693. The third-order valence-electron chi connectivity index (χ3n) is 1.63. The molecule has 0 bridgehead atoms. The average molecular weight is 263 g/mol. The SMILES string of the molecule is CCCSSc1c(Cl)cccc1C(=O)O. The van der Waals surface area contributed by atoms with Crippen molar-refractivity contribution in [2.45, 2.75) is 18.2 Å². The normalized spacial score (nSPS) is 10.3. The third-order valence-corrected chi connectivity index (χ3v) is 4.71. The van der Waals surface area contributed by atoms with Crippen molar-refractivity contribution in [2.75, 3.05) is 5.75 Å². The van der Waals surface area contributed by atoms with Gasteiger partial charge in [0.1, 0.15) is 0 Å². The van der Waals surface area contributed by atoms with Gasteiger partial charge in [0, 0.05) is 5.75 Å². The van der Waals surface area contributed by atoms with Gasteiger partial charge in [0.25, 0.3) is 0 Å². The second-order valence-electron chi connectivity index (χ2n) is 2.83. The van der Waals surface area contributed by atoms with E-state index in [1.54, 1.807) is 29.0 Å². The van der Waals surface area contributed by atoms with E-state index in [0.29, 0.717) is 9.92 Å². The smallest absolute Gasteiger partial charge is 0.336 e. The van der Waals surface area contributed by atoms with Crippen LogP contribution in [0.25, 0.3) is 0 Å². The van der Waals surface area contributed by atoms with Crippen LogP contribution in [-0.2, 0) is 0 Å². The maximum absolute atomic E-state index is 10.9. The topological polar surface area (TPSA) is 37.3 Å². The molecule has 82 valence electrons. The number of carbonyl (C=O) groups is 1. The minimum absolute atomic E-state index is 0.274. The molecule has 0 atom stereocenters. The molecule has 0 spiro atoms. The molecule has 0 unspecified atom stereocenters. The molecular weight excluding hydrogens is 252 g/mol. The number of halogens is 1. The summed E-state index contributed by atoms with van der Waals surface area (Å²) in [5, 5.41) is 9.47. The zero-order chi connectivity index (χ0) is 11.3. The van der Waals surface area contributed by atoms with Crippen LogP contribution in [-0.4, -0.2) is 16.8 Å². The summed E-state index contributed by atoms with van der Waals surface area (Å²) in [6.07, 6.45) is 1.06. The van der Waals surface area contributed by atoms with E-state index in [9.17, 15) is 4.79 Å². The number of carboxylic acids is 1. The lowest BCUT2D eigenvalue weighted by atomic mass is 10.2. The molecule has 1 aromatic rings. The molecule has 15 heavy (non-hydrogen) atoms. The van der Waals surface area contributed by atoms with Crippen molar-refractivity contribution in [2.24, 2.45) is 0 Å². The van der Waals surface area contributed by atoms with E-state index in [0.717, 1.165) is 12.2 Å². The van der Waals surface area contributed by atoms with Gasteiger partial charge in [0.15, 0.2) is 0 Å². The van der Waals surface area contributed by atoms with Crippen molar-refractivity contribution < 1.29 is 9.90 Å². The molecule has 5 heteroatoms. The number of hydrogen-bond acceptors (Lipinski definition) is 3. The summed E-state index contributed by atoms with van der Waals surface area (Å²) in [5.41, 5.74) is 0.274. The zero-order valence-electron chi connectivity index (χ0n) is 8.20. The fourth-order valence-corrected chi connectivity index (χ4v) is 3.78. The number of carboxylic acid groups (broad SMARTS) is 1. The quantitative estimate of drug-likeness (QED) is 0.638. The average Bonchev–Trinajstić information content (AvgIpc) is 2.20. The summed E-state index contributed by atoms with van der Waals surface area (Å²) in [7, 11) is 3.05. The van der Waals surface area contributed by atoms with Crippen LogP contribution >= 0.6 is 33.2 Å². The van der Waals surface area contributed by atoms with Gasteiger partial charge in [0.2, 0.25) is 0 Å². The monoisotopic (exact) mass is 262 g/mol. The van der Waals surface area contributed by atoms with Gasteiger partial charge in [0.05, 0.1) is 15.5 Å². The highest BCUT2D eigenvalue weighted by Crippen LogP contribution is 2.38. The Bertz CT molecular complexity index is 355. The summed E-state index contributed by atoms with van der Waals surface area (Å²) in [6, 6.07) is 4.94. The van der Waals surface area contributed by atoms with E-state index in [-0.39, 0.29) is 5.56 Å². The third kappa shape index (κ3) is 3.63. The first-order valence-corrected chi connectivity index (χ1v) is 7.17. The highest BCUT2D eigenvalue weighted by molar-refractivity contribution is 8.76. The minimum atomic E-state index is -0.933. The summed E-state index contributed by atoms with van der Waals surface area (Å²) >= 11 is 5.95. The van der Waals surface area contributed by atoms with Crippen molar-refractivity contribution in [1.82, 2.24) is 0 Å². The Kier molecular flexibility index (Phi) is 5.36. The maximum atomic E-state index is 10.9. The Labute approximate surface area is 102 Å². The molecule has 0 radical (unpaired) electrons. The number of aromatic carboxylic acids is 1. The molecule has 0 amide bonds. The molecule has 0 heterocycles. The van der Waals surface area contributed by atoms with Crippen LogP contribution < -0.4 is 0 Å². The largest absolute Gasteiger partial charge is 0.478 e. The van der Waals surface area contributed by atoms with Crippen molar-refractivity contribution >= 4 is 39.2 Å². The Hall–Kier alpha value is -0.320. The van der Waals surface area contributed by atoms with E-state index in [1.807, 2.05) is 0 Å². The highest BCUT2D eigenvalue weighted by atomic mass is 35.5.